The van der Waals surface area contributed by atoms with Crippen LogP contribution in [0.4, 0.5) is 0 Å². The zero-order valence-corrected chi connectivity index (χ0v) is 14.2. The number of fused-ring (bicyclic) bond motifs is 1. The molecular formula is C15H21N4O4S+. The summed E-state index contributed by atoms with van der Waals surface area (Å²) < 4.78 is 23.7. The topological polar surface area (TPSA) is 127 Å². The second-order valence-corrected chi connectivity index (χ2v) is 8.09. The number of benzene rings is 1. The summed E-state index contributed by atoms with van der Waals surface area (Å²) in [6, 6.07) is 7.04. The first kappa shape index (κ1) is 18.1. The number of hydrogen-bond acceptors (Lipinski definition) is 5. The number of primary amides is 1. The van der Waals surface area contributed by atoms with Crippen molar-refractivity contribution in [3.05, 3.63) is 40.4 Å². The number of carbonyl (C=O) groups excluding carboxylic acids is 1. The fraction of sp³-hybridized carbons (Fsp3) is 0.400. The second kappa shape index (κ2) is 7.54. The fourth-order valence-corrected chi connectivity index (χ4v) is 3.66. The van der Waals surface area contributed by atoms with Crippen LogP contribution in [0.1, 0.15) is 12.2 Å². The summed E-state index contributed by atoms with van der Waals surface area (Å²) in [7, 11) is -1.50. The molecule has 4 N–H and O–H groups in total. The minimum Gasteiger partial charge on any atom is -0.370 e. The maximum absolute atomic E-state index is 12.0. The average Bonchev–Trinajstić information content (AvgIpc) is 2.51. The van der Waals surface area contributed by atoms with Crippen LogP contribution in [0.2, 0.25) is 0 Å². The molecule has 0 bridgehead atoms. The van der Waals surface area contributed by atoms with Crippen LogP contribution in [-0.2, 0) is 21.2 Å². The number of rotatable bonds is 8. The minimum absolute atomic E-state index is 0.0517. The van der Waals surface area contributed by atoms with Gasteiger partial charge in [0.2, 0.25) is 5.91 Å². The number of quaternary nitrogens is 1. The Morgan fingerprint density at radius 2 is 2.00 bits per heavy atom. The number of hydrogen-bond donors (Lipinski definition) is 3. The number of para-hydroxylation sites is 1. The standard InChI is InChI=1S/C15H20N4O4S/c1-19(7-9-24(22,23)8-6-13(16)20)10-14-17-12-5-3-2-4-11(12)15(21)18-14/h2-5H,6-10H2,1H3,(H2,16,20)(H,17,18,21)/p+1. The van der Waals surface area contributed by atoms with Crippen molar-refractivity contribution < 1.29 is 18.1 Å². The van der Waals surface area contributed by atoms with Crippen LogP contribution in [0.5, 0.6) is 0 Å². The third kappa shape index (κ3) is 5.14. The molecule has 0 saturated heterocycles. The van der Waals surface area contributed by atoms with Gasteiger partial charge in [0, 0.05) is 6.42 Å². The highest BCUT2D eigenvalue weighted by atomic mass is 32.2. The summed E-state index contributed by atoms with van der Waals surface area (Å²) in [5.74, 6) is -0.409. The molecule has 2 rings (SSSR count). The van der Waals surface area contributed by atoms with Crippen LogP contribution in [0, 0.1) is 0 Å². The molecule has 1 aromatic carbocycles. The highest BCUT2D eigenvalue weighted by Gasteiger charge is 2.16. The lowest BCUT2D eigenvalue weighted by Crippen LogP contribution is -3.08. The molecule has 0 aliphatic carbocycles. The largest absolute Gasteiger partial charge is 0.370 e. The molecule has 0 radical (unpaired) electrons. The molecule has 0 aliphatic rings. The Morgan fingerprint density at radius 3 is 2.71 bits per heavy atom. The van der Waals surface area contributed by atoms with Gasteiger partial charge in [-0.2, -0.15) is 0 Å². The van der Waals surface area contributed by atoms with Gasteiger partial charge >= 0.3 is 0 Å². The number of sulfone groups is 1. The number of H-pyrrole nitrogens is 1. The van der Waals surface area contributed by atoms with E-state index in [1.54, 1.807) is 24.3 Å². The van der Waals surface area contributed by atoms with Crippen molar-refractivity contribution in [3.8, 4) is 0 Å². The fourth-order valence-electron chi connectivity index (χ4n) is 2.28. The lowest BCUT2D eigenvalue weighted by Gasteiger charge is -2.13. The van der Waals surface area contributed by atoms with Crippen LogP contribution >= 0.6 is 0 Å². The molecule has 1 amide bonds. The number of amides is 1. The smallest absolute Gasteiger partial charge is 0.258 e. The predicted molar refractivity (Wildman–Crippen MR) is 90.3 cm³/mol. The van der Waals surface area contributed by atoms with Crippen LogP contribution in [-0.4, -0.2) is 49.4 Å². The Bertz CT molecular complexity index is 892. The van der Waals surface area contributed by atoms with E-state index in [0.717, 1.165) is 4.90 Å². The average molecular weight is 353 g/mol. The van der Waals surface area contributed by atoms with Crippen LogP contribution in [0.3, 0.4) is 0 Å². The lowest BCUT2D eigenvalue weighted by atomic mass is 10.2. The lowest BCUT2D eigenvalue weighted by molar-refractivity contribution is -0.891. The molecule has 9 heteroatoms. The van der Waals surface area contributed by atoms with Gasteiger partial charge in [-0.15, -0.1) is 0 Å². The van der Waals surface area contributed by atoms with Gasteiger partial charge in [0.25, 0.3) is 5.56 Å². The summed E-state index contributed by atoms with van der Waals surface area (Å²) in [5, 5.41) is 0.521. The molecule has 1 aromatic heterocycles. The van der Waals surface area contributed by atoms with Gasteiger partial charge in [-0.1, -0.05) is 12.1 Å². The molecule has 1 heterocycles. The predicted octanol–water partition coefficient (Wildman–Crippen LogP) is -1.77. The summed E-state index contributed by atoms with van der Waals surface area (Å²) in [5.41, 5.74) is 5.37. The first-order valence-electron chi connectivity index (χ1n) is 7.55. The Balaban J connectivity index is 1.99. The third-order valence-corrected chi connectivity index (χ3v) is 5.28. The van der Waals surface area contributed by atoms with E-state index in [1.807, 2.05) is 7.05 Å². The van der Waals surface area contributed by atoms with E-state index >= 15 is 0 Å². The molecular weight excluding hydrogens is 332 g/mol. The molecule has 0 fully saturated rings. The Morgan fingerprint density at radius 1 is 1.29 bits per heavy atom. The maximum Gasteiger partial charge on any atom is 0.258 e. The van der Waals surface area contributed by atoms with Crippen molar-refractivity contribution in [1.82, 2.24) is 9.97 Å². The van der Waals surface area contributed by atoms with Crippen molar-refractivity contribution >= 4 is 26.6 Å². The number of carbonyl (C=O) groups is 1. The van der Waals surface area contributed by atoms with E-state index in [4.69, 9.17) is 5.73 Å². The first-order valence-corrected chi connectivity index (χ1v) is 9.37. The summed E-state index contributed by atoms with van der Waals surface area (Å²) in [6.45, 7) is 0.739. The second-order valence-electron chi connectivity index (χ2n) is 5.78. The number of nitrogens with two attached hydrogens (primary N) is 1. The van der Waals surface area contributed by atoms with Crippen LogP contribution in [0.25, 0.3) is 10.9 Å². The Hall–Kier alpha value is -2.26. The Kier molecular flexibility index (Phi) is 5.68. The minimum atomic E-state index is -3.32. The quantitative estimate of drug-likeness (QED) is 0.517. The van der Waals surface area contributed by atoms with E-state index in [0.29, 0.717) is 29.8 Å². The van der Waals surface area contributed by atoms with E-state index in [-0.39, 0.29) is 23.5 Å². The van der Waals surface area contributed by atoms with Crippen molar-refractivity contribution in [2.75, 3.05) is 25.1 Å². The molecule has 24 heavy (non-hydrogen) atoms. The summed E-state index contributed by atoms with van der Waals surface area (Å²) >= 11 is 0. The van der Waals surface area contributed by atoms with Gasteiger partial charge in [-0.05, 0) is 12.1 Å². The SMILES string of the molecule is C[NH+](CCS(=O)(=O)CCC(N)=O)Cc1nc2ccccc2c(=O)[nH]1. The van der Waals surface area contributed by atoms with Gasteiger partial charge in [-0.3, -0.25) is 9.59 Å². The van der Waals surface area contributed by atoms with E-state index in [9.17, 15) is 18.0 Å². The normalized spacial score (nSPS) is 13.0. The summed E-state index contributed by atoms with van der Waals surface area (Å²) in [6.07, 6.45) is -0.166. The van der Waals surface area contributed by atoms with Gasteiger partial charge in [0.1, 0.15) is 6.54 Å². The molecule has 1 atom stereocenters. The van der Waals surface area contributed by atoms with Crippen molar-refractivity contribution in [1.29, 1.82) is 0 Å². The van der Waals surface area contributed by atoms with Gasteiger partial charge in [0.15, 0.2) is 15.7 Å². The van der Waals surface area contributed by atoms with Crippen molar-refractivity contribution in [2.45, 2.75) is 13.0 Å². The van der Waals surface area contributed by atoms with E-state index in [1.165, 1.54) is 0 Å². The maximum atomic E-state index is 12.0. The van der Waals surface area contributed by atoms with Crippen LogP contribution in [0.15, 0.2) is 29.1 Å². The van der Waals surface area contributed by atoms with E-state index in [2.05, 4.69) is 9.97 Å². The monoisotopic (exact) mass is 353 g/mol. The molecule has 130 valence electrons. The zero-order valence-electron chi connectivity index (χ0n) is 13.4. The summed E-state index contributed by atoms with van der Waals surface area (Å²) in [4.78, 5) is 30.7. The highest BCUT2D eigenvalue weighted by Crippen LogP contribution is 2.04. The highest BCUT2D eigenvalue weighted by molar-refractivity contribution is 7.91. The Labute approximate surface area is 139 Å². The molecule has 1 unspecified atom stereocenters. The van der Waals surface area contributed by atoms with Crippen molar-refractivity contribution in [3.63, 3.8) is 0 Å². The van der Waals surface area contributed by atoms with Crippen molar-refractivity contribution in [2.24, 2.45) is 5.73 Å². The first-order chi connectivity index (χ1) is 11.3. The number of nitrogens with one attached hydrogen (secondary N) is 2. The number of aromatic nitrogens is 2. The molecule has 0 saturated carbocycles. The number of nitrogens with zero attached hydrogens (tertiary/aromatic N) is 1. The van der Waals surface area contributed by atoms with Gasteiger partial charge < -0.3 is 15.6 Å². The van der Waals surface area contributed by atoms with Gasteiger partial charge in [-0.25, -0.2) is 13.4 Å². The molecule has 0 aliphatic heterocycles. The van der Waals surface area contributed by atoms with Gasteiger partial charge in [0.05, 0.1) is 36.0 Å². The molecule has 8 nitrogen and oxygen atoms in total. The van der Waals surface area contributed by atoms with E-state index < -0.39 is 15.7 Å². The third-order valence-electron chi connectivity index (χ3n) is 3.63. The molecule has 0 spiro atoms. The van der Waals surface area contributed by atoms with Crippen LogP contribution < -0.4 is 16.2 Å². The molecule has 2 aromatic rings. The zero-order chi connectivity index (χ0) is 17.7. The number of aromatic amines is 1.